The third kappa shape index (κ3) is 5.72. The van der Waals surface area contributed by atoms with Crippen molar-refractivity contribution < 1.29 is 4.79 Å². The molecule has 0 saturated carbocycles. The minimum absolute atomic E-state index is 0.690. The Balaban J connectivity index is 1.73. The highest BCUT2D eigenvalue weighted by molar-refractivity contribution is 5.88. The first-order valence-corrected chi connectivity index (χ1v) is 10.6. The Morgan fingerprint density at radius 2 is 1.81 bits per heavy atom. The topological polar surface area (TPSA) is 76.6 Å². The summed E-state index contributed by atoms with van der Waals surface area (Å²) >= 11 is 0. The number of benzene rings is 2. The molecule has 0 unspecified atom stereocenters. The van der Waals surface area contributed by atoms with E-state index in [2.05, 4.69) is 63.5 Å². The van der Waals surface area contributed by atoms with Crippen LogP contribution in [0.2, 0.25) is 0 Å². The van der Waals surface area contributed by atoms with E-state index >= 15 is 0 Å². The maximum Gasteiger partial charge on any atom is 0.213 e. The summed E-state index contributed by atoms with van der Waals surface area (Å²) in [6.45, 7) is 6.52. The largest absolute Gasteiger partial charge is 0.372 e. The van der Waals surface area contributed by atoms with Gasteiger partial charge in [-0.25, -0.2) is 4.99 Å². The van der Waals surface area contributed by atoms with Gasteiger partial charge in [-0.15, -0.1) is 0 Å². The predicted molar refractivity (Wildman–Crippen MR) is 130 cm³/mol. The van der Waals surface area contributed by atoms with Gasteiger partial charge < -0.3 is 15.1 Å². The molecule has 7 heteroatoms. The van der Waals surface area contributed by atoms with Gasteiger partial charge in [0.25, 0.3) is 0 Å². The molecule has 0 aliphatic heterocycles. The third-order valence-electron chi connectivity index (χ3n) is 4.96. The van der Waals surface area contributed by atoms with Crippen LogP contribution in [-0.4, -0.2) is 43.1 Å². The van der Waals surface area contributed by atoms with Gasteiger partial charge in [-0.05, 0) is 55.3 Å². The molecule has 0 bridgehead atoms. The van der Waals surface area contributed by atoms with Gasteiger partial charge in [0.05, 0.1) is 23.4 Å². The van der Waals surface area contributed by atoms with Crippen molar-refractivity contribution in [2.24, 2.45) is 4.99 Å². The number of anilines is 3. The molecule has 0 fully saturated rings. The molecule has 1 aromatic heterocycles. The Morgan fingerprint density at radius 1 is 1.06 bits per heavy atom. The number of nitrogens with zero attached hydrogens (tertiary/aromatic N) is 4. The second-order valence-corrected chi connectivity index (χ2v) is 7.32. The smallest absolute Gasteiger partial charge is 0.213 e. The first kappa shape index (κ1) is 22.1. The second-order valence-electron chi connectivity index (χ2n) is 7.32. The van der Waals surface area contributed by atoms with E-state index in [1.54, 1.807) is 19.6 Å². The van der Waals surface area contributed by atoms with Crippen molar-refractivity contribution in [1.82, 2.24) is 10.2 Å². The van der Waals surface area contributed by atoms with Gasteiger partial charge >= 0.3 is 0 Å². The van der Waals surface area contributed by atoms with Gasteiger partial charge in [0.15, 0.2) is 0 Å². The molecule has 3 aromatic rings. The first-order valence-electron chi connectivity index (χ1n) is 10.6. The average molecular weight is 419 g/mol. The Hall–Kier alpha value is -3.61. The van der Waals surface area contributed by atoms with Crippen LogP contribution in [-0.2, 0) is 4.79 Å². The van der Waals surface area contributed by atoms with Crippen LogP contribution in [0.1, 0.15) is 26.7 Å². The van der Waals surface area contributed by atoms with Crippen LogP contribution >= 0.6 is 0 Å². The number of carbonyl (C=O) groups is 1. The highest BCUT2D eigenvalue weighted by atomic mass is 16.1. The average Bonchev–Trinajstić information content (AvgIpc) is 3.34. The molecule has 0 atom stereocenters. The molecule has 2 aromatic carbocycles. The number of rotatable bonds is 11. The summed E-state index contributed by atoms with van der Waals surface area (Å²) in [5.41, 5.74) is 5.31. The molecule has 1 amide bonds. The normalized spacial score (nSPS) is 10.9. The monoisotopic (exact) mass is 418 g/mol. The van der Waals surface area contributed by atoms with Crippen molar-refractivity contribution in [2.45, 2.75) is 26.7 Å². The fourth-order valence-corrected chi connectivity index (χ4v) is 3.41. The molecule has 0 saturated heterocycles. The van der Waals surface area contributed by atoms with E-state index in [1.807, 2.05) is 24.3 Å². The summed E-state index contributed by atoms with van der Waals surface area (Å²) in [5, 5.41) is 10.2. The van der Waals surface area contributed by atoms with Crippen molar-refractivity contribution in [2.75, 3.05) is 35.3 Å². The second kappa shape index (κ2) is 11.0. The number of H-pyrrole nitrogens is 1. The van der Waals surface area contributed by atoms with E-state index < -0.39 is 0 Å². The van der Waals surface area contributed by atoms with Crippen molar-refractivity contribution in [3.8, 4) is 11.3 Å². The number of amides is 1. The van der Waals surface area contributed by atoms with E-state index in [0.717, 1.165) is 49.3 Å². The standard InChI is InChI=1S/C24H30N6O/c1-4-14-30(15-5-2)21-9-7-20(8-10-21)25-17-26-23-11-6-19(22-12-13-27-28-22)16-24(23)29(3)18-31/h6-13,16-18H,4-5,14-15H2,1-3H3,(H,25,26)(H,27,28). The van der Waals surface area contributed by atoms with Gasteiger partial charge in [0.1, 0.15) is 0 Å². The fourth-order valence-electron chi connectivity index (χ4n) is 3.41. The lowest BCUT2D eigenvalue weighted by molar-refractivity contribution is -0.107. The maximum absolute atomic E-state index is 11.4. The molecule has 0 radical (unpaired) electrons. The summed E-state index contributed by atoms with van der Waals surface area (Å²) in [4.78, 5) is 19.8. The molecule has 0 aliphatic carbocycles. The molecule has 31 heavy (non-hydrogen) atoms. The Kier molecular flexibility index (Phi) is 7.81. The fraction of sp³-hybridized carbons (Fsp3) is 0.292. The van der Waals surface area contributed by atoms with Crippen LogP contribution in [0.5, 0.6) is 0 Å². The van der Waals surface area contributed by atoms with Crippen molar-refractivity contribution in [1.29, 1.82) is 0 Å². The van der Waals surface area contributed by atoms with E-state index in [1.165, 1.54) is 10.6 Å². The molecule has 162 valence electrons. The van der Waals surface area contributed by atoms with Crippen LogP contribution in [0.25, 0.3) is 11.3 Å². The lowest BCUT2D eigenvalue weighted by Crippen LogP contribution is -2.24. The van der Waals surface area contributed by atoms with Gasteiger partial charge in [-0.3, -0.25) is 9.89 Å². The Labute approximate surface area is 183 Å². The van der Waals surface area contributed by atoms with Gasteiger partial charge in [0.2, 0.25) is 6.41 Å². The molecular formula is C24H30N6O. The zero-order valence-corrected chi connectivity index (χ0v) is 18.4. The molecule has 2 N–H and O–H groups in total. The van der Waals surface area contributed by atoms with E-state index in [-0.39, 0.29) is 0 Å². The molecular weight excluding hydrogens is 388 g/mol. The SMILES string of the molecule is CCCN(CCC)c1ccc(N/C=N/c2ccc(-c3cc[nH]n3)cc2N(C)C=O)cc1. The van der Waals surface area contributed by atoms with Gasteiger partial charge in [-0.2, -0.15) is 5.10 Å². The number of aromatic nitrogens is 2. The number of aliphatic imine (C=N–C) groups is 1. The molecule has 1 heterocycles. The molecule has 0 aliphatic rings. The quantitative estimate of drug-likeness (QED) is 0.259. The number of aromatic amines is 1. The highest BCUT2D eigenvalue weighted by Crippen LogP contribution is 2.32. The van der Waals surface area contributed by atoms with Crippen LogP contribution in [0.4, 0.5) is 22.7 Å². The predicted octanol–water partition coefficient (Wildman–Crippen LogP) is 5.07. The van der Waals surface area contributed by atoms with Gasteiger partial charge in [0, 0.05) is 43.3 Å². The Morgan fingerprint density at radius 3 is 2.42 bits per heavy atom. The summed E-state index contributed by atoms with van der Waals surface area (Å²) < 4.78 is 0. The summed E-state index contributed by atoms with van der Waals surface area (Å²) in [5.74, 6) is 0. The van der Waals surface area contributed by atoms with Crippen LogP contribution < -0.4 is 15.1 Å². The first-order chi connectivity index (χ1) is 15.2. The number of carbonyl (C=O) groups excluding carboxylic acids is 1. The summed E-state index contributed by atoms with van der Waals surface area (Å²) in [7, 11) is 1.71. The van der Waals surface area contributed by atoms with E-state index in [0.29, 0.717) is 11.4 Å². The van der Waals surface area contributed by atoms with Gasteiger partial charge in [-0.1, -0.05) is 19.9 Å². The molecule has 7 nitrogen and oxygen atoms in total. The lowest BCUT2D eigenvalue weighted by atomic mass is 10.1. The lowest BCUT2D eigenvalue weighted by Gasteiger charge is -2.23. The highest BCUT2D eigenvalue weighted by Gasteiger charge is 2.10. The summed E-state index contributed by atoms with van der Waals surface area (Å²) in [6, 6.07) is 16.0. The minimum Gasteiger partial charge on any atom is -0.372 e. The summed E-state index contributed by atoms with van der Waals surface area (Å²) in [6.07, 6.45) is 6.44. The third-order valence-corrected chi connectivity index (χ3v) is 4.96. The zero-order chi connectivity index (χ0) is 22.1. The van der Waals surface area contributed by atoms with Crippen molar-refractivity contribution >= 4 is 35.5 Å². The number of hydrogen-bond acceptors (Lipinski definition) is 4. The number of nitrogens with one attached hydrogen (secondary N) is 2. The zero-order valence-electron chi connectivity index (χ0n) is 18.4. The van der Waals surface area contributed by atoms with Crippen molar-refractivity contribution in [3.05, 3.63) is 54.7 Å². The maximum atomic E-state index is 11.4. The molecule has 3 rings (SSSR count). The van der Waals surface area contributed by atoms with E-state index in [4.69, 9.17) is 0 Å². The molecule has 0 spiro atoms. The van der Waals surface area contributed by atoms with Crippen molar-refractivity contribution in [3.63, 3.8) is 0 Å². The van der Waals surface area contributed by atoms with E-state index in [9.17, 15) is 4.79 Å². The number of hydrogen-bond donors (Lipinski definition) is 2. The van der Waals surface area contributed by atoms with Crippen LogP contribution in [0, 0.1) is 0 Å². The van der Waals surface area contributed by atoms with Crippen LogP contribution in [0.15, 0.2) is 59.7 Å². The minimum atomic E-state index is 0.690. The Bertz CT molecular complexity index is 976. The van der Waals surface area contributed by atoms with Crippen LogP contribution in [0.3, 0.4) is 0 Å².